The fourth-order valence-corrected chi connectivity index (χ4v) is 3.87. The third kappa shape index (κ3) is 4.94. The lowest BCUT2D eigenvalue weighted by molar-refractivity contribution is -0.157. The van der Waals surface area contributed by atoms with E-state index in [1.807, 2.05) is 75.4 Å². The summed E-state index contributed by atoms with van der Waals surface area (Å²) in [5.74, 6) is -0.00643. The van der Waals surface area contributed by atoms with Crippen molar-refractivity contribution in [1.29, 1.82) is 0 Å². The lowest BCUT2D eigenvalue weighted by Gasteiger charge is -2.39. The molecule has 3 rings (SSSR count). The van der Waals surface area contributed by atoms with Crippen LogP contribution in [0, 0.1) is 0 Å². The van der Waals surface area contributed by atoms with Gasteiger partial charge in [-0.15, -0.1) is 0 Å². The second kappa shape index (κ2) is 9.50. The Morgan fingerprint density at radius 3 is 1.47 bits per heavy atom. The van der Waals surface area contributed by atoms with Crippen molar-refractivity contribution in [3.05, 3.63) is 108 Å². The first-order valence-corrected chi connectivity index (χ1v) is 10.8. The molecule has 1 atom stereocenters. The number of carbonyl (C=O) groups is 1. The molecule has 0 bridgehead atoms. The Bertz CT molecular complexity index is 840. The summed E-state index contributed by atoms with van der Waals surface area (Å²) < 4.78 is 5.69. The number of nitrogens with one attached hydrogen (secondary N) is 1. The van der Waals surface area contributed by atoms with Gasteiger partial charge in [-0.05, 0) is 37.5 Å². The van der Waals surface area contributed by atoms with Crippen LogP contribution in [0.2, 0.25) is 0 Å². The minimum atomic E-state index is -0.742. The first-order valence-electron chi connectivity index (χ1n) is 10.1. The van der Waals surface area contributed by atoms with Crippen molar-refractivity contribution in [3.63, 3.8) is 0 Å². The number of rotatable bonds is 7. The van der Waals surface area contributed by atoms with E-state index in [9.17, 15) is 4.79 Å². The van der Waals surface area contributed by atoms with Gasteiger partial charge in [0, 0.05) is 5.75 Å². The smallest absolute Gasteiger partial charge is 0.324 e. The number of thiol groups is 1. The first kappa shape index (κ1) is 22.1. The van der Waals surface area contributed by atoms with E-state index in [2.05, 4.69) is 54.3 Å². The minimum Gasteiger partial charge on any atom is -0.459 e. The van der Waals surface area contributed by atoms with Gasteiger partial charge in [0.1, 0.15) is 11.6 Å². The molecule has 0 aliphatic heterocycles. The lowest BCUT2D eigenvalue weighted by Crippen LogP contribution is -2.54. The van der Waals surface area contributed by atoms with Crippen molar-refractivity contribution in [2.45, 2.75) is 38.0 Å². The molecule has 0 amide bonds. The van der Waals surface area contributed by atoms with Gasteiger partial charge >= 0.3 is 5.97 Å². The summed E-state index contributed by atoms with van der Waals surface area (Å²) in [7, 11) is 0. The second-order valence-corrected chi connectivity index (χ2v) is 8.63. The van der Waals surface area contributed by atoms with Crippen LogP contribution in [0.1, 0.15) is 37.5 Å². The third-order valence-corrected chi connectivity index (χ3v) is 5.25. The number of hydrogen-bond donors (Lipinski definition) is 2. The molecule has 0 heterocycles. The number of ether oxygens (including phenoxy) is 1. The molecule has 1 N–H and O–H groups in total. The molecule has 0 saturated heterocycles. The van der Waals surface area contributed by atoms with Gasteiger partial charge in [0.15, 0.2) is 0 Å². The van der Waals surface area contributed by atoms with Gasteiger partial charge in [0.2, 0.25) is 0 Å². The van der Waals surface area contributed by atoms with Gasteiger partial charge in [0.25, 0.3) is 0 Å². The zero-order valence-corrected chi connectivity index (χ0v) is 18.6. The van der Waals surface area contributed by atoms with Crippen LogP contribution < -0.4 is 5.32 Å². The Morgan fingerprint density at radius 2 is 1.17 bits per heavy atom. The maximum absolute atomic E-state index is 13.0. The summed E-state index contributed by atoms with van der Waals surface area (Å²) in [4.78, 5) is 13.0. The van der Waals surface area contributed by atoms with E-state index in [-0.39, 0.29) is 5.97 Å². The molecular formula is C26H29NO2S. The summed E-state index contributed by atoms with van der Waals surface area (Å²) >= 11 is 4.49. The molecule has 0 radical (unpaired) electrons. The summed E-state index contributed by atoms with van der Waals surface area (Å²) in [6.45, 7) is 5.62. The van der Waals surface area contributed by atoms with Crippen LogP contribution in [0.25, 0.3) is 0 Å². The predicted octanol–water partition coefficient (Wildman–Crippen LogP) is 5.21. The molecule has 3 aromatic carbocycles. The quantitative estimate of drug-likeness (QED) is 0.314. The minimum absolute atomic E-state index is 0.309. The topological polar surface area (TPSA) is 38.3 Å². The van der Waals surface area contributed by atoms with Crippen LogP contribution in [0.3, 0.4) is 0 Å². The molecule has 4 heteroatoms. The van der Waals surface area contributed by atoms with Crippen LogP contribution in [0.4, 0.5) is 0 Å². The summed E-state index contributed by atoms with van der Waals surface area (Å²) in [5, 5.41) is 3.64. The first-order chi connectivity index (χ1) is 14.4. The van der Waals surface area contributed by atoms with Crippen molar-refractivity contribution in [2.24, 2.45) is 0 Å². The Hall–Kier alpha value is -2.56. The van der Waals surface area contributed by atoms with Gasteiger partial charge in [-0.2, -0.15) is 12.6 Å². The fourth-order valence-electron chi connectivity index (χ4n) is 3.63. The summed E-state index contributed by atoms with van der Waals surface area (Å²) in [6, 6.07) is 30.0. The lowest BCUT2D eigenvalue weighted by atomic mass is 9.76. The normalized spacial score (nSPS) is 12.9. The third-order valence-electron chi connectivity index (χ3n) is 4.89. The second-order valence-electron chi connectivity index (χ2n) is 8.26. The average molecular weight is 420 g/mol. The highest BCUT2D eigenvalue weighted by molar-refractivity contribution is 7.80. The van der Waals surface area contributed by atoms with Crippen LogP contribution >= 0.6 is 12.6 Å². The Morgan fingerprint density at radius 1 is 0.800 bits per heavy atom. The van der Waals surface area contributed by atoms with Gasteiger partial charge in [-0.3, -0.25) is 10.1 Å². The maximum atomic E-state index is 13.0. The van der Waals surface area contributed by atoms with E-state index < -0.39 is 17.2 Å². The van der Waals surface area contributed by atoms with Crippen molar-refractivity contribution < 1.29 is 9.53 Å². The highest BCUT2D eigenvalue weighted by Gasteiger charge is 2.40. The summed E-state index contributed by atoms with van der Waals surface area (Å²) in [5.41, 5.74) is 1.80. The van der Waals surface area contributed by atoms with E-state index in [4.69, 9.17) is 4.74 Å². The Labute approximate surface area is 184 Å². The van der Waals surface area contributed by atoms with Crippen LogP contribution in [0.5, 0.6) is 0 Å². The molecule has 0 saturated carbocycles. The molecule has 0 aliphatic rings. The predicted molar refractivity (Wildman–Crippen MR) is 126 cm³/mol. The standard InChI is InChI=1S/C26H29NO2S/c1-25(2,3)29-24(28)23(19-30)27-26(20-13-7-4-8-14-20,21-15-9-5-10-16-21)22-17-11-6-12-18-22/h4-18,23,27,30H,19H2,1-3H3/t23-/m0/s1. The molecule has 3 aromatic rings. The van der Waals surface area contributed by atoms with Crippen molar-refractivity contribution in [3.8, 4) is 0 Å². The Kier molecular flexibility index (Phi) is 7.01. The SMILES string of the molecule is CC(C)(C)OC(=O)[C@H](CS)NC(c1ccccc1)(c1ccccc1)c1ccccc1. The van der Waals surface area contributed by atoms with E-state index in [1.54, 1.807) is 0 Å². The molecule has 0 unspecified atom stereocenters. The molecule has 0 spiro atoms. The van der Waals surface area contributed by atoms with E-state index in [0.29, 0.717) is 5.75 Å². The van der Waals surface area contributed by atoms with E-state index in [0.717, 1.165) is 16.7 Å². The van der Waals surface area contributed by atoms with Crippen molar-refractivity contribution in [1.82, 2.24) is 5.32 Å². The van der Waals surface area contributed by atoms with Gasteiger partial charge < -0.3 is 4.74 Å². The molecular weight excluding hydrogens is 390 g/mol. The van der Waals surface area contributed by atoms with Gasteiger partial charge in [-0.25, -0.2) is 0 Å². The number of benzene rings is 3. The van der Waals surface area contributed by atoms with Crippen LogP contribution in [-0.4, -0.2) is 23.4 Å². The summed E-state index contributed by atoms with van der Waals surface area (Å²) in [6.07, 6.45) is 0. The highest BCUT2D eigenvalue weighted by atomic mass is 32.1. The number of carbonyl (C=O) groups excluding carboxylic acids is 1. The van der Waals surface area contributed by atoms with E-state index >= 15 is 0 Å². The fraction of sp³-hybridized carbons (Fsp3) is 0.269. The highest BCUT2D eigenvalue weighted by Crippen LogP contribution is 2.37. The molecule has 156 valence electrons. The number of hydrogen-bond acceptors (Lipinski definition) is 4. The van der Waals surface area contributed by atoms with Gasteiger partial charge in [0.05, 0.1) is 5.54 Å². The van der Waals surface area contributed by atoms with Crippen LogP contribution in [0.15, 0.2) is 91.0 Å². The van der Waals surface area contributed by atoms with Crippen molar-refractivity contribution >= 4 is 18.6 Å². The molecule has 0 fully saturated rings. The van der Waals surface area contributed by atoms with E-state index in [1.165, 1.54) is 0 Å². The maximum Gasteiger partial charge on any atom is 0.324 e. The molecule has 3 nitrogen and oxygen atoms in total. The Balaban J connectivity index is 2.19. The van der Waals surface area contributed by atoms with Gasteiger partial charge in [-0.1, -0.05) is 91.0 Å². The molecule has 0 aromatic heterocycles. The monoisotopic (exact) mass is 419 g/mol. The largest absolute Gasteiger partial charge is 0.459 e. The van der Waals surface area contributed by atoms with Crippen molar-refractivity contribution in [2.75, 3.05) is 5.75 Å². The average Bonchev–Trinajstić information content (AvgIpc) is 2.75. The zero-order chi connectivity index (χ0) is 21.6. The zero-order valence-electron chi connectivity index (χ0n) is 17.7. The number of esters is 1. The molecule has 30 heavy (non-hydrogen) atoms. The van der Waals surface area contributed by atoms with Crippen LogP contribution in [-0.2, 0) is 15.1 Å². The molecule has 0 aliphatic carbocycles.